The van der Waals surface area contributed by atoms with Gasteiger partial charge in [-0.3, -0.25) is 0 Å². The SMILES string of the molecule is CCNC(c1cc(C)cnc1N)C1CC2CCC1C2. The first-order valence-corrected chi connectivity index (χ1v) is 7.64. The molecule has 3 heteroatoms. The number of fused-ring (bicyclic) bond motifs is 2. The maximum absolute atomic E-state index is 6.14. The molecule has 0 aromatic carbocycles. The Hall–Kier alpha value is -1.09. The maximum atomic E-state index is 6.14. The predicted molar refractivity (Wildman–Crippen MR) is 78.7 cm³/mol. The highest BCUT2D eigenvalue weighted by Crippen LogP contribution is 2.52. The van der Waals surface area contributed by atoms with E-state index in [2.05, 4.69) is 30.2 Å². The molecule has 4 atom stereocenters. The van der Waals surface area contributed by atoms with Gasteiger partial charge in [0.25, 0.3) is 0 Å². The van der Waals surface area contributed by atoms with Crippen LogP contribution in [0.4, 0.5) is 5.82 Å². The van der Waals surface area contributed by atoms with Crippen molar-refractivity contribution in [2.75, 3.05) is 12.3 Å². The Morgan fingerprint density at radius 3 is 2.89 bits per heavy atom. The third kappa shape index (κ3) is 2.36. The van der Waals surface area contributed by atoms with E-state index < -0.39 is 0 Å². The number of nitrogens with zero attached hydrogens (tertiary/aromatic N) is 1. The van der Waals surface area contributed by atoms with Crippen molar-refractivity contribution in [2.45, 2.75) is 45.6 Å². The van der Waals surface area contributed by atoms with Crippen LogP contribution in [0, 0.1) is 24.7 Å². The molecule has 0 aliphatic heterocycles. The van der Waals surface area contributed by atoms with Gasteiger partial charge in [0, 0.05) is 17.8 Å². The van der Waals surface area contributed by atoms with Gasteiger partial charge in [-0.2, -0.15) is 0 Å². The van der Waals surface area contributed by atoms with Gasteiger partial charge in [-0.05, 0) is 62.1 Å². The molecule has 3 nitrogen and oxygen atoms in total. The first-order valence-electron chi connectivity index (χ1n) is 7.64. The zero-order valence-corrected chi connectivity index (χ0v) is 12.0. The minimum Gasteiger partial charge on any atom is -0.383 e. The summed E-state index contributed by atoms with van der Waals surface area (Å²) in [6.45, 7) is 5.27. The largest absolute Gasteiger partial charge is 0.383 e. The number of nitrogens with two attached hydrogens (primary N) is 1. The lowest BCUT2D eigenvalue weighted by Crippen LogP contribution is -2.32. The van der Waals surface area contributed by atoms with Crippen molar-refractivity contribution in [3.05, 3.63) is 23.4 Å². The van der Waals surface area contributed by atoms with Crippen LogP contribution in [0.2, 0.25) is 0 Å². The molecular formula is C16H25N3. The van der Waals surface area contributed by atoms with E-state index in [0.717, 1.165) is 24.3 Å². The number of hydrogen-bond acceptors (Lipinski definition) is 3. The molecule has 3 rings (SSSR count). The average Bonchev–Trinajstić information content (AvgIpc) is 3.01. The first-order chi connectivity index (χ1) is 9.19. The zero-order chi connectivity index (χ0) is 13.4. The summed E-state index contributed by atoms with van der Waals surface area (Å²) >= 11 is 0. The molecule has 2 aliphatic carbocycles. The number of aryl methyl sites for hydroxylation is 1. The Morgan fingerprint density at radius 1 is 1.42 bits per heavy atom. The Morgan fingerprint density at radius 2 is 2.26 bits per heavy atom. The molecule has 2 aliphatic rings. The summed E-state index contributed by atoms with van der Waals surface area (Å²) in [4.78, 5) is 4.35. The Kier molecular flexibility index (Phi) is 3.48. The number of pyridine rings is 1. The van der Waals surface area contributed by atoms with E-state index in [-0.39, 0.29) is 0 Å². The number of anilines is 1. The summed E-state index contributed by atoms with van der Waals surface area (Å²) in [5.41, 5.74) is 8.56. The lowest BCUT2D eigenvalue weighted by Gasteiger charge is -2.32. The second-order valence-electron chi connectivity index (χ2n) is 6.36. The third-order valence-corrected chi connectivity index (χ3v) is 5.07. The molecule has 2 saturated carbocycles. The average molecular weight is 259 g/mol. The zero-order valence-electron chi connectivity index (χ0n) is 12.0. The maximum Gasteiger partial charge on any atom is 0.128 e. The summed E-state index contributed by atoms with van der Waals surface area (Å²) in [7, 11) is 0. The Labute approximate surface area is 116 Å². The fourth-order valence-corrected chi connectivity index (χ4v) is 4.27. The molecule has 1 aromatic heterocycles. The summed E-state index contributed by atoms with van der Waals surface area (Å²) in [6, 6.07) is 2.62. The fraction of sp³-hybridized carbons (Fsp3) is 0.688. The van der Waals surface area contributed by atoms with E-state index in [1.165, 1.54) is 36.8 Å². The van der Waals surface area contributed by atoms with E-state index in [1.54, 1.807) is 0 Å². The number of hydrogen-bond donors (Lipinski definition) is 2. The molecule has 2 fully saturated rings. The van der Waals surface area contributed by atoms with Crippen LogP contribution in [0.1, 0.15) is 49.8 Å². The van der Waals surface area contributed by atoms with Gasteiger partial charge in [-0.15, -0.1) is 0 Å². The van der Waals surface area contributed by atoms with Gasteiger partial charge in [0.05, 0.1) is 0 Å². The molecule has 0 spiro atoms. The highest BCUT2D eigenvalue weighted by atomic mass is 14.9. The van der Waals surface area contributed by atoms with Gasteiger partial charge in [0.15, 0.2) is 0 Å². The fourth-order valence-electron chi connectivity index (χ4n) is 4.27. The van der Waals surface area contributed by atoms with Crippen molar-refractivity contribution in [3.8, 4) is 0 Å². The molecule has 19 heavy (non-hydrogen) atoms. The van der Waals surface area contributed by atoms with Crippen molar-refractivity contribution in [3.63, 3.8) is 0 Å². The van der Waals surface area contributed by atoms with E-state index in [0.29, 0.717) is 11.9 Å². The van der Waals surface area contributed by atoms with Crippen molar-refractivity contribution in [1.82, 2.24) is 10.3 Å². The van der Waals surface area contributed by atoms with Crippen molar-refractivity contribution < 1.29 is 0 Å². The molecule has 4 unspecified atom stereocenters. The lowest BCUT2D eigenvalue weighted by atomic mass is 9.80. The summed E-state index contributed by atoms with van der Waals surface area (Å²) in [5.74, 6) is 3.33. The topological polar surface area (TPSA) is 50.9 Å². The Balaban J connectivity index is 1.90. The molecule has 0 amide bonds. The summed E-state index contributed by atoms with van der Waals surface area (Å²) < 4.78 is 0. The number of aromatic nitrogens is 1. The van der Waals surface area contributed by atoms with E-state index in [9.17, 15) is 0 Å². The molecular weight excluding hydrogens is 234 g/mol. The van der Waals surface area contributed by atoms with E-state index >= 15 is 0 Å². The van der Waals surface area contributed by atoms with Crippen LogP contribution in [0.25, 0.3) is 0 Å². The van der Waals surface area contributed by atoms with Gasteiger partial charge in [-0.1, -0.05) is 13.3 Å². The van der Waals surface area contributed by atoms with E-state index in [4.69, 9.17) is 5.73 Å². The number of nitrogen functional groups attached to an aromatic ring is 1. The molecule has 2 bridgehead atoms. The smallest absolute Gasteiger partial charge is 0.128 e. The highest BCUT2D eigenvalue weighted by Gasteiger charge is 2.43. The van der Waals surface area contributed by atoms with Gasteiger partial charge >= 0.3 is 0 Å². The first kappa shape index (κ1) is 12.9. The standard InChI is InChI=1S/C16H25N3/c1-3-18-15(13-8-11-4-5-12(13)7-11)14-6-10(2)9-19-16(14)17/h6,9,11-13,15,18H,3-5,7-8H2,1-2H3,(H2,17,19). The summed E-state index contributed by atoms with van der Waals surface area (Å²) in [5, 5.41) is 3.67. The summed E-state index contributed by atoms with van der Waals surface area (Å²) in [6.07, 6.45) is 7.53. The lowest BCUT2D eigenvalue weighted by molar-refractivity contribution is 0.253. The molecule has 0 radical (unpaired) electrons. The quantitative estimate of drug-likeness (QED) is 0.873. The molecule has 1 aromatic rings. The second-order valence-corrected chi connectivity index (χ2v) is 6.36. The second kappa shape index (κ2) is 5.12. The van der Waals surface area contributed by atoms with Crippen LogP contribution in [0.15, 0.2) is 12.3 Å². The van der Waals surface area contributed by atoms with Crippen LogP contribution in [0.5, 0.6) is 0 Å². The van der Waals surface area contributed by atoms with Crippen molar-refractivity contribution in [2.24, 2.45) is 17.8 Å². The van der Waals surface area contributed by atoms with Gasteiger partial charge in [0.2, 0.25) is 0 Å². The number of nitrogens with one attached hydrogen (secondary N) is 1. The van der Waals surface area contributed by atoms with Crippen molar-refractivity contribution >= 4 is 5.82 Å². The van der Waals surface area contributed by atoms with Crippen LogP contribution >= 0.6 is 0 Å². The monoisotopic (exact) mass is 259 g/mol. The van der Waals surface area contributed by atoms with Crippen LogP contribution in [-0.2, 0) is 0 Å². The number of rotatable bonds is 4. The predicted octanol–water partition coefficient (Wildman–Crippen LogP) is 3.06. The molecule has 0 saturated heterocycles. The minimum absolute atomic E-state index is 0.396. The Bertz CT molecular complexity index is 457. The van der Waals surface area contributed by atoms with Crippen LogP contribution < -0.4 is 11.1 Å². The molecule has 3 N–H and O–H groups in total. The highest BCUT2D eigenvalue weighted by molar-refractivity contribution is 5.43. The third-order valence-electron chi connectivity index (χ3n) is 5.07. The molecule has 1 heterocycles. The normalized spacial score (nSPS) is 30.7. The van der Waals surface area contributed by atoms with Gasteiger partial charge < -0.3 is 11.1 Å². The van der Waals surface area contributed by atoms with Gasteiger partial charge in [0.1, 0.15) is 5.82 Å². The molecule has 104 valence electrons. The van der Waals surface area contributed by atoms with Crippen molar-refractivity contribution in [1.29, 1.82) is 0 Å². The van der Waals surface area contributed by atoms with Gasteiger partial charge in [-0.25, -0.2) is 4.98 Å². The van der Waals surface area contributed by atoms with Crippen LogP contribution in [-0.4, -0.2) is 11.5 Å². The minimum atomic E-state index is 0.396. The van der Waals surface area contributed by atoms with Crippen LogP contribution in [0.3, 0.4) is 0 Å². The van der Waals surface area contributed by atoms with E-state index in [1.807, 2.05) is 6.20 Å².